The molecule has 1 aromatic rings. The van der Waals surface area contributed by atoms with E-state index in [2.05, 4.69) is 11.3 Å². The number of esters is 1. The van der Waals surface area contributed by atoms with Crippen LogP contribution in [-0.4, -0.2) is 19.3 Å². The van der Waals surface area contributed by atoms with E-state index in [1.54, 1.807) is 6.92 Å². The van der Waals surface area contributed by atoms with E-state index in [0.717, 1.165) is 5.56 Å². The molecule has 0 aliphatic heterocycles. The molecule has 0 unspecified atom stereocenters. The average molecular weight is 258 g/mol. The zero-order chi connectivity index (χ0) is 13.9. The summed E-state index contributed by atoms with van der Waals surface area (Å²) < 4.78 is 42.0. The van der Waals surface area contributed by atoms with Crippen molar-refractivity contribution >= 4 is 11.5 Å². The van der Waals surface area contributed by atoms with Gasteiger partial charge in [0.05, 0.1) is 19.1 Å². The van der Waals surface area contributed by atoms with E-state index in [1.165, 1.54) is 25.3 Å². The highest BCUT2D eigenvalue weighted by atomic mass is 19.4. The summed E-state index contributed by atoms with van der Waals surface area (Å²) in [6, 6.07) is 4.19. The highest BCUT2D eigenvalue weighted by molar-refractivity contribution is 5.74. The van der Waals surface area contributed by atoms with Crippen LogP contribution in [0.25, 0.3) is 5.57 Å². The Hall–Kier alpha value is -1.78. The van der Waals surface area contributed by atoms with Crippen LogP contribution in [0.1, 0.15) is 16.7 Å². The Morgan fingerprint density at radius 3 is 2.50 bits per heavy atom. The van der Waals surface area contributed by atoms with Crippen molar-refractivity contribution in [1.82, 2.24) is 0 Å². The molecule has 0 bridgehead atoms. The van der Waals surface area contributed by atoms with Gasteiger partial charge in [-0.1, -0.05) is 24.8 Å². The predicted molar refractivity (Wildman–Crippen MR) is 62.0 cm³/mol. The molecule has 0 aliphatic rings. The van der Waals surface area contributed by atoms with Crippen molar-refractivity contribution in [2.24, 2.45) is 0 Å². The number of carbonyl (C=O) groups excluding carboxylic acids is 1. The van der Waals surface area contributed by atoms with Gasteiger partial charge in [-0.25, -0.2) is 0 Å². The van der Waals surface area contributed by atoms with Crippen LogP contribution >= 0.6 is 0 Å². The second kappa shape index (κ2) is 5.25. The summed E-state index contributed by atoms with van der Waals surface area (Å²) in [5.41, 5.74) is 0.282. The smallest absolute Gasteiger partial charge is 0.416 e. The number of ether oxygens (including phenoxy) is 1. The fraction of sp³-hybridized carbons (Fsp3) is 0.308. The zero-order valence-corrected chi connectivity index (χ0v) is 10.1. The molecule has 0 spiro atoms. The van der Waals surface area contributed by atoms with E-state index in [1.807, 2.05) is 0 Å². The summed E-state index contributed by atoms with van der Waals surface area (Å²) in [7, 11) is 1.23. The summed E-state index contributed by atoms with van der Waals surface area (Å²) in [5, 5.41) is 0. The van der Waals surface area contributed by atoms with Gasteiger partial charge in [0.25, 0.3) is 0 Å². The Labute approximate surface area is 103 Å². The molecule has 0 saturated heterocycles. The lowest BCUT2D eigenvalue weighted by atomic mass is 9.98. The maximum Gasteiger partial charge on any atom is 0.416 e. The third-order valence-electron chi connectivity index (χ3n) is 2.60. The number of hydrogen-bond donors (Lipinski definition) is 0. The van der Waals surface area contributed by atoms with Gasteiger partial charge in [0.1, 0.15) is 0 Å². The second-order valence-electron chi connectivity index (χ2n) is 3.87. The van der Waals surface area contributed by atoms with E-state index in [9.17, 15) is 18.0 Å². The number of alkyl halides is 3. The minimum absolute atomic E-state index is 0.0352. The van der Waals surface area contributed by atoms with E-state index < -0.39 is 17.7 Å². The molecule has 2 nitrogen and oxygen atoms in total. The minimum atomic E-state index is -4.47. The van der Waals surface area contributed by atoms with Gasteiger partial charge in [-0.3, -0.25) is 4.79 Å². The highest BCUT2D eigenvalue weighted by Crippen LogP contribution is 2.33. The van der Waals surface area contributed by atoms with Crippen molar-refractivity contribution in [1.29, 1.82) is 0 Å². The minimum Gasteiger partial charge on any atom is -0.469 e. The van der Waals surface area contributed by atoms with Gasteiger partial charge in [0.2, 0.25) is 0 Å². The molecule has 0 atom stereocenters. The van der Waals surface area contributed by atoms with Crippen molar-refractivity contribution in [3.8, 4) is 0 Å². The molecule has 0 radical (unpaired) electrons. The van der Waals surface area contributed by atoms with Crippen LogP contribution in [0.15, 0.2) is 24.8 Å². The van der Waals surface area contributed by atoms with Crippen LogP contribution in [0.2, 0.25) is 0 Å². The Morgan fingerprint density at radius 1 is 1.39 bits per heavy atom. The second-order valence-corrected chi connectivity index (χ2v) is 3.87. The Bertz CT molecular complexity index is 476. The van der Waals surface area contributed by atoms with Crippen molar-refractivity contribution in [2.45, 2.75) is 19.5 Å². The van der Waals surface area contributed by atoms with Crippen molar-refractivity contribution in [3.05, 3.63) is 41.5 Å². The molecule has 98 valence electrons. The third-order valence-corrected chi connectivity index (χ3v) is 2.60. The normalized spacial score (nSPS) is 11.2. The molecule has 0 aliphatic carbocycles. The van der Waals surface area contributed by atoms with Crippen LogP contribution in [0.5, 0.6) is 0 Å². The summed E-state index contributed by atoms with van der Waals surface area (Å²) >= 11 is 0. The Balaban J connectivity index is 3.08. The number of methoxy groups -OCH3 is 1. The molecule has 5 heteroatoms. The van der Waals surface area contributed by atoms with Crippen LogP contribution < -0.4 is 0 Å². The quantitative estimate of drug-likeness (QED) is 0.778. The van der Waals surface area contributed by atoms with Gasteiger partial charge in [0, 0.05) is 0 Å². The topological polar surface area (TPSA) is 26.3 Å². The average Bonchev–Trinajstić information content (AvgIpc) is 2.29. The van der Waals surface area contributed by atoms with Crippen LogP contribution in [0, 0.1) is 6.92 Å². The molecule has 1 rings (SSSR count). The van der Waals surface area contributed by atoms with Gasteiger partial charge < -0.3 is 4.74 Å². The number of halogens is 3. The largest absolute Gasteiger partial charge is 0.469 e. The maximum atomic E-state index is 12.5. The van der Waals surface area contributed by atoms with Gasteiger partial charge in [-0.2, -0.15) is 13.2 Å². The molecule has 0 aromatic heterocycles. The van der Waals surface area contributed by atoms with E-state index in [-0.39, 0.29) is 12.0 Å². The first-order valence-electron chi connectivity index (χ1n) is 5.18. The molecule has 0 N–H and O–H groups in total. The Kier molecular flexibility index (Phi) is 4.16. The van der Waals surface area contributed by atoms with Crippen LogP contribution in [0.4, 0.5) is 13.2 Å². The lowest BCUT2D eigenvalue weighted by Crippen LogP contribution is -2.11. The predicted octanol–water partition coefficient (Wildman–Crippen LogP) is 3.29. The molecule has 1 aromatic carbocycles. The summed E-state index contributed by atoms with van der Waals surface area (Å²) in [6.07, 6.45) is -4.53. The first kappa shape index (κ1) is 14.3. The fourth-order valence-corrected chi connectivity index (χ4v) is 1.44. The maximum absolute atomic E-state index is 12.5. The number of hydrogen-bond acceptors (Lipinski definition) is 2. The highest BCUT2D eigenvalue weighted by Gasteiger charge is 2.33. The number of carbonyl (C=O) groups is 1. The Morgan fingerprint density at radius 2 is 2.00 bits per heavy atom. The van der Waals surface area contributed by atoms with Crippen molar-refractivity contribution < 1.29 is 22.7 Å². The van der Waals surface area contributed by atoms with Gasteiger partial charge in [0.15, 0.2) is 0 Å². The molecule has 0 amide bonds. The number of allylic oxidation sites excluding steroid dienone is 1. The van der Waals surface area contributed by atoms with Crippen molar-refractivity contribution in [2.75, 3.05) is 7.11 Å². The molecular weight excluding hydrogens is 245 g/mol. The molecule has 0 heterocycles. The van der Waals surface area contributed by atoms with Gasteiger partial charge in [-0.05, 0) is 23.6 Å². The van der Waals surface area contributed by atoms with E-state index in [4.69, 9.17) is 0 Å². The van der Waals surface area contributed by atoms with Crippen LogP contribution in [-0.2, 0) is 16.0 Å². The summed E-state index contributed by atoms with van der Waals surface area (Å²) in [6.45, 7) is 4.75. The number of benzene rings is 1. The van der Waals surface area contributed by atoms with Crippen LogP contribution in [0.3, 0.4) is 0 Å². The van der Waals surface area contributed by atoms with Gasteiger partial charge >= 0.3 is 12.1 Å². The first-order chi connectivity index (χ1) is 8.25. The lowest BCUT2D eigenvalue weighted by molar-refractivity contribution is -0.139. The SMILES string of the molecule is C=C(c1ccc(C)c(CC(=O)OC)c1)C(F)(F)F. The molecular formula is C13H13F3O2. The number of aryl methyl sites for hydroxylation is 1. The summed E-state index contributed by atoms with van der Waals surface area (Å²) in [5.74, 6) is -0.493. The number of rotatable bonds is 3. The van der Waals surface area contributed by atoms with E-state index >= 15 is 0 Å². The molecule has 0 fully saturated rings. The first-order valence-corrected chi connectivity index (χ1v) is 5.18. The zero-order valence-electron chi connectivity index (χ0n) is 10.1. The molecule has 18 heavy (non-hydrogen) atoms. The van der Waals surface area contributed by atoms with Crippen molar-refractivity contribution in [3.63, 3.8) is 0 Å². The van der Waals surface area contributed by atoms with E-state index in [0.29, 0.717) is 5.56 Å². The standard InChI is InChI=1S/C13H13F3O2/c1-8-4-5-10(9(2)13(14,15)16)6-11(8)7-12(17)18-3/h4-6H,2,7H2,1,3H3. The molecule has 0 saturated carbocycles. The monoisotopic (exact) mass is 258 g/mol. The lowest BCUT2D eigenvalue weighted by Gasteiger charge is -2.12. The summed E-state index contributed by atoms with van der Waals surface area (Å²) in [4.78, 5) is 11.1. The fourth-order valence-electron chi connectivity index (χ4n) is 1.44. The van der Waals surface area contributed by atoms with Gasteiger partial charge in [-0.15, -0.1) is 0 Å². The third kappa shape index (κ3) is 3.35.